The molecule has 0 saturated carbocycles. The van der Waals surface area contributed by atoms with Crippen LogP contribution >= 0.6 is 0 Å². The summed E-state index contributed by atoms with van der Waals surface area (Å²) in [5, 5.41) is 28.6. The Kier molecular flexibility index (Phi) is 32.5. The van der Waals surface area contributed by atoms with Gasteiger partial charge in [0.1, 0.15) is 0 Å². The van der Waals surface area contributed by atoms with E-state index in [2.05, 4.69) is 34.6 Å². The Morgan fingerprint density at radius 2 is 0.846 bits per heavy atom. The largest absolute Gasteiger partial charge is 4.00 e. The molecule has 26 heavy (non-hydrogen) atoms. The van der Waals surface area contributed by atoms with E-state index >= 15 is 0 Å². The van der Waals surface area contributed by atoms with Gasteiger partial charge in [-0.2, -0.15) is 27.8 Å². The molecular weight excluding hydrogens is 403 g/mol. The Labute approximate surface area is 182 Å². The summed E-state index contributed by atoms with van der Waals surface area (Å²) in [6.07, 6.45) is 5.59. The first kappa shape index (κ1) is 33.7. The summed E-state index contributed by atoms with van der Waals surface area (Å²) in [6.45, 7) is 17.3. The van der Waals surface area contributed by atoms with Gasteiger partial charge in [-0.15, -0.1) is 19.8 Å². The van der Waals surface area contributed by atoms with Crippen LogP contribution in [0.3, 0.4) is 0 Å². The second kappa shape index (κ2) is 25.1. The van der Waals surface area contributed by atoms with Gasteiger partial charge in [-0.25, -0.2) is 0 Å². The Balaban J connectivity index is -0.000000132. The molecule has 0 radical (unpaired) electrons. The molecule has 0 aromatic heterocycles. The molecule has 0 atom stereocenters. The van der Waals surface area contributed by atoms with Gasteiger partial charge in [0, 0.05) is 0 Å². The number of unbranched alkanes of at least 4 members (excludes halogenated alkanes) is 3. The van der Waals surface area contributed by atoms with Gasteiger partial charge in [-0.05, 0) is 0 Å². The molecule has 0 N–H and O–H groups in total. The van der Waals surface area contributed by atoms with Crippen LogP contribution in [0.4, 0.5) is 0 Å². The maximum absolute atomic E-state index is 9.53. The molecule has 0 saturated heterocycles. The number of rotatable bonds is 6. The van der Waals surface area contributed by atoms with Crippen LogP contribution in [0.15, 0.2) is 0 Å². The second-order valence-electron chi connectivity index (χ2n) is 6.30. The van der Waals surface area contributed by atoms with Gasteiger partial charge >= 0.3 is 26.2 Å². The zero-order chi connectivity index (χ0) is 20.3. The van der Waals surface area contributed by atoms with E-state index in [9.17, 15) is 15.3 Å². The fourth-order valence-corrected chi connectivity index (χ4v) is 1.84. The van der Waals surface area contributed by atoms with Crippen LogP contribution in [0.25, 0.3) is 0 Å². The van der Waals surface area contributed by atoms with Crippen LogP contribution in [-0.4, -0.2) is 19.8 Å². The van der Waals surface area contributed by atoms with Crippen molar-refractivity contribution in [2.45, 2.75) is 93.9 Å². The third-order valence-electron chi connectivity index (χ3n) is 4.31. The van der Waals surface area contributed by atoms with Crippen molar-refractivity contribution in [1.82, 2.24) is 0 Å². The van der Waals surface area contributed by atoms with Crippen LogP contribution in [0.2, 0.25) is 0 Å². The van der Waals surface area contributed by atoms with E-state index in [4.69, 9.17) is 0 Å². The van der Waals surface area contributed by atoms with Crippen molar-refractivity contribution in [3.63, 3.8) is 0 Å². The van der Waals surface area contributed by atoms with Crippen molar-refractivity contribution < 1.29 is 41.5 Å². The molecule has 1 rings (SSSR count). The SMILES string of the molecule is CCCC[O-].CCCC[O-].CCCC[O-].Cc1c(C)c(C)[c-](C)c1C.[Zr+4]. The average Bonchev–Trinajstić information content (AvgIpc) is 2.77. The third-order valence-corrected chi connectivity index (χ3v) is 4.31. The van der Waals surface area contributed by atoms with Crippen molar-refractivity contribution in [2.75, 3.05) is 19.8 Å². The molecule has 0 aliphatic carbocycles. The third kappa shape index (κ3) is 18.9. The fraction of sp³-hybridized carbons (Fsp3) is 0.773. The molecule has 0 heterocycles. The summed E-state index contributed by atoms with van der Waals surface area (Å²) in [5.74, 6) is 0. The van der Waals surface area contributed by atoms with Gasteiger partial charge in [0.15, 0.2) is 0 Å². The molecule has 152 valence electrons. The van der Waals surface area contributed by atoms with Crippen molar-refractivity contribution in [3.05, 3.63) is 27.8 Å². The predicted octanol–water partition coefficient (Wildman–Crippen LogP) is 3.39. The summed E-state index contributed by atoms with van der Waals surface area (Å²) < 4.78 is 0. The van der Waals surface area contributed by atoms with E-state index in [1.54, 1.807) is 0 Å². The van der Waals surface area contributed by atoms with E-state index in [1.165, 1.54) is 27.8 Å². The molecule has 0 bridgehead atoms. The average molecular weight is 446 g/mol. The van der Waals surface area contributed by atoms with Crippen molar-refractivity contribution in [1.29, 1.82) is 0 Å². The first-order valence-corrected chi connectivity index (χ1v) is 9.74. The summed E-state index contributed by atoms with van der Waals surface area (Å²) in [5.41, 5.74) is 7.34. The first-order valence-electron chi connectivity index (χ1n) is 9.74. The van der Waals surface area contributed by atoms with E-state index in [0.29, 0.717) is 0 Å². The van der Waals surface area contributed by atoms with Crippen LogP contribution in [0.1, 0.15) is 87.1 Å². The summed E-state index contributed by atoms with van der Waals surface area (Å²) in [6, 6.07) is 0. The van der Waals surface area contributed by atoms with Gasteiger partial charge in [-0.3, -0.25) is 0 Å². The molecule has 1 aromatic rings. The quantitative estimate of drug-likeness (QED) is 0.630. The molecule has 3 nitrogen and oxygen atoms in total. The normalized spacial score (nSPS) is 8.88. The van der Waals surface area contributed by atoms with Crippen LogP contribution in [0.5, 0.6) is 0 Å². The Bertz CT molecular complexity index is 287. The van der Waals surface area contributed by atoms with Crippen LogP contribution in [0, 0.1) is 34.6 Å². The number of hydrogen-bond acceptors (Lipinski definition) is 3. The maximum Gasteiger partial charge on any atom is 4.00 e. The first-order chi connectivity index (χ1) is 11.8. The van der Waals surface area contributed by atoms with Crippen LogP contribution < -0.4 is 15.3 Å². The molecular formula is C22H42O3Zr. The molecule has 0 aliphatic rings. The Morgan fingerprint density at radius 3 is 0.885 bits per heavy atom. The van der Waals surface area contributed by atoms with E-state index in [-0.39, 0.29) is 46.0 Å². The zero-order valence-corrected chi connectivity index (χ0v) is 21.0. The monoisotopic (exact) mass is 444 g/mol. The summed E-state index contributed by atoms with van der Waals surface area (Å²) in [7, 11) is 0. The van der Waals surface area contributed by atoms with Gasteiger partial charge in [-0.1, -0.05) is 93.9 Å². The fourth-order valence-electron chi connectivity index (χ4n) is 1.84. The molecule has 0 fully saturated rings. The van der Waals surface area contributed by atoms with Crippen molar-refractivity contribution in [3.8, 4) is 0 Å². The summed E-state index contributed by atoms with van der Waals surface area (Å²) in [4.78, 5) is 0. The standard InChI is InChI=1S/C10H15.3C4H9O.Zr/c1-6-7(2)9(4)10(5)8(6)3;3*1-2-3-4-5;/h1-5H3;3*2-4H2,1H3;/q4*-1;+4. The smallest absolute Gasteiger partial charge is 0.854 e. The van der Waals surface area contributed by atoms with E-state index in [0.717, 1.165) is 38.5 Å². The summed E-state index contributed by atoms with van der Waals surface area (Å²) >= 11 is 0. The molecule has 0 unspecified atom stereocenters. The molecule has 0 amide bonds. The molecule has 1 aromatic carbocycles. The Hall–Kier alpha value is 0.113. The molecule has 0 aliphatic heterocycles. The van der Waals surface area contributed by atoms with E-state index < -0.39 is 0 Å². The van der Waals surface area contributed by atoms with Crippen molar-refractivity contribution in [2.24, 2.45) is 0 Å². The topological polar surface area (TPSA) is 69.2 Å². The number of hydrogen-bond donors (Lipinski definition) is 0. The minimum Gasteiger partial charge on any atom is -0.854 e. The zero-order valence-electron chi connectivity index (χ0n) is 18.6. The minimum absolute atomic E-state index is 0. The van der Waals surface area contributed by atoms with Gasteiger partial charge in [0.05, 0.1) is 0 Å². The molecule has 0 spiro atoms. The van der Waals surface area contributed by atoms with Gasteiger partial charge < -0.3 is 15.3 Å². The van der Waals surface area contributed by atoms with E-state index in [1.807, 2.05) is 20.8 Å². The predicted molar refractivity (Wildman–Crippen MR) is 105 cm³/mol. The van der Waals surface area contributed by atoms with Gasteiger partial charge in [0.25, 0.3) is 0 Å². The van der Waals surface area contributed by atoms with Crippen molar-refractivity contribution >= 4 is 0 Å². The molecule has 4 heteroatoms. The van der Waals surface area contributed by atoms with Gasteiger partial charge in [0.2, 0.25) is 0 Å². The minimum atomic E-state index is 0. The van der Waals surface area contributed by atoms with Crippen LogP contribution in [-0.2, 0) is 26.2 Å². The maximum atomic E-state index is 9.53. The Morgan fingerprint density at radius 1 is 0.615 bits per heavy atom. The second-order valence-corrected chi connectivity index (χ2v) is 6.30.